The molecule has 276 valence electrons. The number of fused-ring (bicyclic) bond motifs is 10. The molecule has 0 atom stereocenters. The summed E-state index contributed by atoms with van der Waals surface area (Å²) in [5.41, 5.74) is 13.8. The van der Waals surface area contributed by atoms with Crippen molar-refractivity contribution in [3.05, 3.63) is 212 Å². The smallest absolute Gasteiger partial charge is 0.143 e. The molecule has 0 fully saturated rings. The molecule has 2 aromatic heterocycles. The fraction of sp³-hybridized carbons (Fsp3) is 0. The second kappa shape index (κ2) is 13.4. The lowest BCUT2D eigenvalue weighted by molar-refractivity contribution is 0.672. The molecule has 0 saturated heterocycles. The van der Waals surface area contributed by atoms with E-state index in [1.807, 2.05) is 0 Å². The Kier molecular flexibility index (Phi) is 7.54. The Balaban J connectivity index is 0.974. The van der Waals surface area contributed by atoms with Crippen molar-refractivity contribution in [3.8, 4) is 33.4 Å². The molecule has 12 aromatic rings. The Labute approximate surface area is 340 Å². The summed E-state index contributed by atoms with van der Waals surface area (Å²) in [5, 5.41) is 9.15. The number of rotatable bonds is 6. The zero-order valence-electron chi connectivity index (χ0n) is 32.0. The minimum atomic E-state index is 0.893. The molecular weight excluding hydrogens is 719 g/mol. The van der Waals surface area contributed by atoms with Gasteiger partial charge in [0.05, 0.1) is 0 Å². The van der Waals surface area contributed by atoms with Crippen molar-refractivity contribution in [1.29, 1.82) is 0 Å². The Morgan fingerprint density at radius 1 is 0.288 bits per heavy atom. The predicted molar refractivity (Wildman–Crippen MR) is 247 cm³/mol. The molecule has 0 aliphatic rings. The summed E-state index contributed by atoms with van der Waals surface area (Å²) in [5.74, 6) is 0. The number of furan rings is 2. The Bertz CT molecular complexity index is 3340. The first-order chi connectivity index (χ1) is 29.2. The lowest BCUT2D eigenvalue weighted by Gasteiger charge is -2.26. The van der Waals surface area contributed by atoms with Crippen molar-refractivity contribution >= 4 is 82.5 Å². The lowest BCUT2D eigenvalue weighted by Crippen LogP contribution is -2.10. The first kappa shape index (κ1) is 33.3. The zero-order chi connectivity index (χ0) is 38.9. The van der Waals surface area contributed by atoms with E-state index in [1.165, 1.54) is 21.9 Å². The highest BCUT2D eigenvalue weighted by molar-refractivity contribution is 6.20. The lowest BCUT2D eigenvalue weighted by atomic mass is 9.97. The Morgan fingerprint density at radius 2 is 0.763 bits per heavy atom. The summed E-state index contributed by atoms with van der Waals surface area (Å²) in [6.07, 6.45) is 0. The van der Waals surface area contributed by atoms with Crippen molar-refractivity contribution in [2.45, 2.75) is 0 Å². The van der Waals surface area contributed by atoms with Crippen LogP contribution in [0.3, 0.4) is 0 Å². The van der Waals surface area contributed by atoms with E-state index in [0.717, 1.165) is 94.0 Å². The molecule has 0 aliphatic heterocycles. The van der Waals surface area contributed by atoms with Crippen LogP contribution in [0.15, 0.2) is 221 Å². The summed E-state index contributed by atoms with van der Waals surface area (Å²) in [7, 11) is 0. The monoisotopic (exact) mass is 753 g/mol. The fourth-order valence-electron chi connectivity index (χ4n) is 9.07. The highest BCUT2D eigenvalue weighted by atomic mass is 16.3. The average molecular weight is 754 g/mol. The maximum atomic E-state index is 6.54. The quantitative estimate of drug-likeness (QED) is 0.169. The molecule has 0 radical (unpaired) electrons. The van der Waals surface area contributed by atoms with Crippen molar-refractivity contribution < 1.29 is 8.83 Å². The van der Waals surface area contributed by atoms with Crippen LogP contribution < -0.4 is 4.90 Å². The molecule has 0 bridgehead atoms. The van der Waals surface area contributed by atoms with Gasteiger partial charge in [-0.25, -0.2) is 0 Å². The first-order valence-corrected chi connectivity index (χ1v) is 20.1. The molecule has 59 heavy (non-hydrogen) atoms. The van der Waals surface area contributed by atoms with Gasteiger partial charge in [-0.3, -0.25) is 0 Å². The van der Waals surface area contributed by atoms with Crippen LogP contribution in [0.1, 0.15) is 0 Å². The third-order valence-corrected chi connectivity index (χ3v) is 11.9. The number of benzene rings is 10. The van der Waals surface area contributed by atoms with Gasteiger partial charge in [-0.2, -0.15) is 0 Å². The Hall–Kier alpha value is -7.88. The SMILES string of the molecule is c1ccc(-c2cccc(N(c3ccc(-c4cccc5oc6c7ccccc7ccc6c45)cc3)c3ccc(-c4cccc5oc6c7ccccc7ccc6c45)cc3)c2)cc1. The van der Waals surface area contributed by atoms with Gasteiger partial charge in [0.15, 0.2) is 0 Å². The van der Waals surface area contributed by atoms with Gasteiger partial charge in [0.1, 0.15) is 22.3 Å². The number of hydrogen-bond donors (Lipinski definition) is 0. The third-order valence-electron chi connectivity index (χ3n) is 11.9. The van der Waals surface area contributed by atoms with E-state index in [9.17, 15) is 0 Å². The molecule has 12 rings (SSSR count). The number of hydrogen-bond acceptors (Lipinski definition) is 3. The average Bonchev–Trinajstić information content (AvgIpc) is 3.90. The van der Waals surface area contributed by atoms with E-state index in [1.54, 1.807) is 0 Å². The van der Waals surface area contributed by atoms with Gasteiger partial charge in [-0.1, -0.05) is 152 Å². The second-order valence-corrected chi connectivity index (χ2v) is 15.2. The molecule has 0 unspecified atom stereocenters. The normalized spacial score (nSPS) is 11.7. The summed E-state index contributed by atoms with van der Waals surface area (Å²) >= 11 is 0. The van der Waals surface area contributed by atoms with Gasteiger partial charge in [0.25, 0.3) is 0 Å². The largest absolute Gasteiger partial charge is 0.455 e. The van der Waals surface area contributed by atoms with Gasteiger partial charge >= 0.3 is 0 Å². The molecule has 0 spiro atoms. The van der Waals surface area contributed by atoms with Crippen LogP contribution in [0.5, 0.6) is 0 Å². The Morgan fingerprint density at radius 3 is 1.31 bits per heavy atom. The minimum Gasteiger partial charge on any atom is -0.455 e. The molecule has 2 heterocycles. The van der Waals surface area contributed by atoms with Crippen LogP contribution in [0, 0.1) is 0 Å². The van der Waals surface area contributed by atoms with E-state index < -0.39 is 0 Å². The van der Waals surface area contributed by atoms with Crippen LogP contribution in [0.4, 0.5) is 17.1 Å². The van der Waals surface area contributed by atoms with Crippen LogP contribution in [0.25, 0.3) is 98.8 Å². The first-order valence-electron chi connectivity index (χ1n) is 20.1. The van der Waals surface area contributed by atoms with Crippen LogP contribution >= 0.6 is 0 Å². The molecule has 0 aliphatic carbocycles. The van der Waals surface area contributed by atoms with Crippen molar-refractivity contribution in [1.82, 2.24) is 0 Å². The highest BCUT2D eigenvalue weighted by Gasteiger charge is 2.19. The van der Waals surface area contributed by atoms with E-state index >= 15 is 0 Å². The number of anilines is 3. The second-order valence-electron chi connectivity index (χ2n) is 15.2. The summed E-state index contributed by atoms with van der Waals surface area (Å²) in [4.78, 5) is 2.35. The summed E-state index contributed by atoms with van der Waals surface area (Å²) < 4.78 is 13.1. The zero-order valence-corrected chi connectivity index (χ0v) is 32.0. The molecule has 3 heteroatoms. The van der Waals surface area contributed by atoms with Gasteiger partial charge in [-0.05, 0) is 105 Å². The third kappa shape index (κ3) is 5.44. The van der Waals surface area contributed by atoms with Crippen LogP contribution in [-0.2, 0) is 0 Å². The molecular formula is C56H35NO2. The molecule has 3 nitrogen and oxygen atoms in total. The maximum Gasteiger partial charge on any atom is 0.143 e. The fourth-order valence-corrected chi connectivity index (χ4v) is 9.07. The van der Waals surface area contributed by atoms with E-state index in [0.29, 0.717) is 0 Å². The minimum absolute atomic E-state index is 0.893. The van der Waals surface area contributed by atoms with Crippen molar-refractivity contribution in [2.75, 3.05) is 4.90 Å². The van der Waals surface area contributed by atoms with E-state index in [4.69, 9.17) is 8.83 Å². The van der Waals surface area contributed by atoms with E-state index in [-0.39, 0.29) is 0 Å². The van der Waals surface area contributed by atoms with Crippen LogP contribution in [0.2, 0.25) is 0 Å². The summed E-state index contributed by atoms with van der Waals surface area (Å²) in [6.45, 7) is 0. The maximum absolute atomic E-state index is 6.54. The van der Waals surface area contributed by atoms with Crippen molar-refractivity contribution in [3.63, 3.8) is 0 Å². The summed E-state index contributed by atoms with van der Waals surface area (Å²) in [6, 6.07) is 75.6. The molecule has 0 saturated carbocycles. The van der Waals surface area contributed by atoms with Gasteiger partial charge in [0.2, 0.25) is 0 Å². The van der Waals surface area contributed by atoms with Gasteiger partial charge in [-0.15, -0.1) is 0 Å². The van der Waals surface area contributed by atoms with Gasteiger partial charge in [0, 0.05) is 49.4 Å². The van der Waals surface area contributed by atoms with Crippen molar-refractivity contribution in [2.24, 2.45) is 0 Å². The van der Waals surface area contributed by atoms with Crippen LogP contribution in [-0.4, -0.2) is 0 Å². The topological polar surface area (TPSA) is 29.5 Å². The predicted octanol–water partition coefficient (Wildman–Crippen LogP) is 16.3. The van der Waals surface area contributed by atoms with E-state index in [2.05, 4.69) is 217 Å². The standard InChI is InChI=1S/C56H35NO2/c1-2-11-36(12-3-1)41-15-8-16-44(35-41)57(42-29-23-39(24-30-42)45-19-9-21-51-53(45)49-33-27-37-13-4-6-17-47(37)55(49)58-51)43-31-25-40(26-32-43)46-20-10-22-52-54(46)50-34-28-38-14-5-7-18-48(38)56(50)59-52/h1-35H. The molecule has 0 amide bonds. The molecule has 0 N–H and O–H groups in total. The highest BCUT2D eigenvalue weighted by Crippen LogP contribution is 2.44. The number of nitrogens with zero attached hydrogens (tertiary/aromatic N) is 1. The molecule has 10 aromatic carbocycles. The van der Waals surface area contributed by atoms with Gasteiger partial charge < -0.3 is 13.7 Å².